The molecule has 0 fully saturated rings. The second kappa shape index (κ2) is 4.33. The predicted molar refractivity (Wildman–Crippen MR) is 48.5 cm³/mol. The Kier molecular flexibility index (Phi) is 3.85. The van der Waals surface area contributed by atoms with Gasteiger partial charge < -0.3 is 0 Å². The Balaban J connectivity index is 3.06. The molecule has 0 aliphatic rings. The monoisotopic (exact) mass is 424 g/mol. The Morgan fingerprint density at radius 2 is 1.77 bits per heavy atom. The van der Waals surface area contributed by atoms with Crippen molar-refractivity contribution in [3.8, 4) is 0 Å². The Morgan fingerprint density at radius 1 is 1.15 bits per heavy atom. The van der Waals surface area contributed by atoms with Gasteiger partial charge >= 0.3 is 88.8 Å². The van der Waals surface area contributed by atoms with Crippen LogP contribution < -0.4 is 3.27 Å². The van der Waals surface area contributed by atoms with Crippen molar-refractivity contribution < 1.29 is 13.2 Å². The van der Waals surface area contributed by atoms with Crippen LogP contribution in [0.25, 0.3) is 0 Å². The molecule has 0 aromatic heterocycles. The summed E-state index contributed by atoms with van der Waals surface area (Å²) >= 11 is -2.77. The van der Waals surface area contributed by atoms with Gasteiger partial charge in [-0.3, -0.25) is 0 Å². The average Bonchev–Trinajstić information content (AvgIpc) is 2.03. The normalized spacial score (nSPS) is 12.2. The molecule has 0 bridgehead atoms. The van der Waals surface area contributed by atoms with Crippen molar-refractivity contribution in [1.82, 2.24) is 0 Å². The van der Waals surface area contributed by atoms with Crippen LogP contribution in [-0.4, -0.2) is 19.4 Å². The third kappa shape index (κ3) is 3.26. The van der Waals surface area contributed by atoms with Crippen LogP contribution in [0.3, 0.4) is 0 Å². The van der Waals surface area contributed by atoms with E-state index in [1.165, 1.54) is 12.1 Å². The summed E-state index contributed by atoms with van der Waals surface area (Å²) in [4.78, 5) is 0. The molecule has 0 atom stereocenters. The molecule has 13 heavy (non-hydrogen) atoms. The summed E-state index contributed by atoms with van der Waals surface area (Å²) in [5, 5.41) is 0. The standard InChI is InChI=1S/C7H4F3.Bi.2ClH/c8-7(9,10)6-4-2-1-3-5-6;;;/h1-2,4-5H;;2*1H/q;+2;;/p-2. The molecule has 0 aliphatic heterocycles. The topological polar surface area (TPSA) is 0 Å². The summed E-state index contributed by atoms with van der Waals surface area (Å²) in [5.74, 6) is 0. The van der Waals surface area contributed by atoms with E-state index in [9.17, 15) is 13.2 Å². The van der Waals surface area contributed by atoms with Gasteiger partial charge in [-0.2, -0.15) is 0 Å². The van der Waals surface area contributed by atoms with Crippen LogP contribution in [0.15, 0.2) is 24.3 Å². The predicted octanol–water partition coefficient (Wildman–Crippen LogP) is 2.88. The van der Waals surface area contributed by atoms with Crippen LogP contribution >= 0.6 is 17.0 Å². The summed E-state index contributed by atoms with van der Waals surface area (Å²) in [5.41, 5.74) is -0.689. The summed E-state index contributed by atoms with van der Waals surface area (Å²) in [7, 11) is 11.3. The van der Waals surface area contributed by atoms with Crippen LogP contribution in [-0.2, 0) is 6.18 Å². The van der Waals surface area contributed by atoms with Crippen molar-refractivity contribution in [2.24, 2.45) is 0 Å². The summed E-state index contributed by atoms with van der Waals surface area (Å²) < 4.78 is 37.0. The second-order valence-corrected chi connectivity index (χ2v) is 13.6. The fourth-order valence-electron chi connectivity index (χ4n) is 0.787. The van der Waals surface area contributed by atoms with Gasteiger partial charge in [-0.1, -0.05) is 0 Å². The van der Waals surface area contributed by atoms with Crippen molar-refractivity contribution in [2.75, 3.05) is 0 Å². The second-order valence-electron chi connectivity index (χ2n) is 2.28. The molecule has 0 radical (unpaired) electrons. The van der Waals surface area contributed by atoms with Gasteiger partial charge in [0.25, 0.3) is 0 Å². The van der Waals surface area contributed by atoms with Gasteiger partial charge in [0.2, 0.25) is 0 Å². The van der Waals surface area contributed by atoms with Crippen molar-refractivity contribution in [3.63, 3.8) is 0 Å². The van der Waals surface area contributed by atoms with E-state index in [-0.39, 0.29) is 0 Å². The molecule has 0 aliphatic carbocycles. The Bertz CT molecular complexity index is 298. The number of benzene rings is 1. The van der Waals surface area contributed by atoms with Gasteiger partial charge in [0.1, 0.15) is 0 Å². The van der Waals surface area contributed by atoms with Crippen LogP contribution in [0.2, 0.25) is 0 Å². The van der Waals surface area contributed by atoms with Crippen LogP contribution in [0.5, 0.6) is 0 Å². The third-order valence-corrected chi connectivity index (χ3v) is 7.39. The zero-order valence-electron chi connectivity index (χ0n) is 6.15. The van der Waals surface area contributed by atoms with E-state index in [2.05, 4.69) is 0 Å². The molecule has 0 saturated heterocycles. The molecule has 1 rings (SSSR count). The van der Waals surface area contributed by atoms with Gasteiger partial charge in [0.05, 0.1) is 0 Å². The van der Waals surface area contributed by atoms with Crippen molar-refractivity contribution in [3.05, 3.63) is 29.8 Å². The van der Waals surface area contributed by atoms with Gasteiger partial charge in [0, 0.05) is 0 Å². The number of halogens is 5. The van der Waals surface area contributed by atoms with E-state index in [1.807, 2.05) is 0 Å². The van der Waals surface area contributed by atoms with Gasteiger partial charge in [-0.05, 0) is 0 Å². The quantitative estimate of drug-likeness (QED) is 0.608. The molecule has 0 heterocycles. The van der Waals surface area contributed by atoms with Gasteiger partial charge in [-0.15, -0.1) is 0 Å². The molecular formula is C7H4BiCl2F3. The fourth-order valence-corrected chi connectivity index (χ4v) is 4.33. The van der Waals surface area contributed by atoms with E-state index in [4.69, 9.17) is 17.0 Å². The minimum absolute atomic E-state index is 0.452. The van der Waals surface area contributed by atoms with Gasteiger partial charge in [-0.25, -0.2) is 0 Å². The first-order valence-electron chi connectivity index (χ1n) is 3.20. The zero-order chi connectivity index (χ0) is 10.1. The molecule has 0 nitrogen and oxygen atoms in total. The molecule has 0 unspecified atom stereocenters. The van der Waals surface area contributed by atoms with E-state index in [0.717, 1.165) is 12.1 Å². The first-order valence-corrected chi connectivity index (χ1v) is 13.5. The molecule has 0 saturated carbocycles. The van der Waals surface area contributed by atoms with Crippen molar-refractivity contribution >= 4 is 39.7 Å². The molecular weight excluding hydrogens is 421 g/mol. The summed E-state index contributed by atoms with van der Waals surface area (Å²) in [6.07, 6.45) is -4.32. The molecule has 0 N–H and O–H groups in total. The van der Waals surface area contributed by atoms with Crippen LogP contribution in [0, 0.1) is 0 Å². The fraction of sp³-hybridized carbons (Fsp3) is 0.143. The van der Waals surface area contributed by atoms with E-state index in [1.54, 1.807) is 0 Å². The maximum absolute atomic E-state index is 12.2. The third-order valence-electron chi connectivity index (χ3n) is 1.37. The molecule has 72 valence electrons. The molecule has 1 aromatic rings. The van der Waals surface area contributed by atoms with Gasteiger partial charge in [0.15, 0.2) is 0 Å². The average molecular weight is 425 g/mol. The zero-order valence-corrected chi connectivity index (χ0v) is 11.1. The van der Waals surface area contributed by atoms with E-state index < -0.39 is 31.1 Å². The molecule has 0 spiro atoms. The Hall–Kier alpha value is 0.473. The number of alkyl halides is 3. The number of rotatable bonds is 1. The number of hydrogen-bond donors (Lipinski definition) is 0. The number of hydrogen-bond acceptors (Lipinski definition) is 0. The maximum atomic E-state index is 12.2. The van der Waals surface area contributed by atoms with Crippen molar-refractivity contribution in [2.45, 2.75) is 6.18 Å². The van der Waals surface area contributed by atoms with Crippen molar-refractivity contribution in [1.29, 1.82) is 0 Å². The molecule has 6 heteroatoms. The molecule has 0 amide bonds. The van der Waals surface area contributed by atoms with E-state index >= 15 is 0 Å². The minimum atomic E-state index is -4.32. The van der Waals surface area contributed by atoms with E-state index in [0.29, 0.717) is 3.27 Å². The first-order chi connectivity index (χ1) is 5.91. The Morgan fingerprint density at radius 3 is 2.23 bits per heavy atom. The van der Waals surface area contributed by atoms with Crippen LogP contribution in [0.4, 0.5) is 13.2 Å². The first kappa shape index (κ1) is 11.5. The summed E-state index contributed by atoms with van der Waals surface area (Å²) in [6.45, 7) is 0. The SMILES string of the molecule is FC(F)(F)c1ccc[c]([Bi]([Cl])[Cl])c1. The Labute approximate surface area is 88.4 Å². The van der Waals surface area contributed by atoms with Crippen LogP contribution in [0.1, 0.15) is 5.56 Å². The molecule has 1 aromatic carbocycles. The summed E-state index contributed by atoms with van der Waals surface area (Å²) in [6, 6.07) is 4.89.